The van der Waals surface area contributed by atoms with E-state index in [1.54, 1.807) is 45.0 Å². The Labute approximate surface area is 99.9 Å². The lowest BCUT2D eigenvalue weighted by atomic mass is 9.96. The molecule has 0 spiro atoms. The number of imide groups is 1. The zero-order valence-corrected chi connectivity index (χ0v) is 10.1. The summed E-state index contributed by atoms with van der Waals surface area (Å²) in [6.45, 7) is 4.93. The summed E-state index contributed by atoms with van der Waals surface area (Å²) in [6, 6.07) is 6.72. The van der Waals surface area contributed by atoms with Gasteiger partial charge in [-0.2, -0.15) is 0 Å². The van der Waals surface area contributed by atoms with Gasteiger partial charge < -0.3 is 5.11 Å². The molecule has 0 radical (unpaired) electrons. The van der Waals surface area contributed by atoms with Crippen molar-refractivity contribution in [1.82, 2.24) is 4.90 Å². The van der Waals surface area contributed by atoms with Crippen LogP contribution in [0.1, 0.15) is 41.5 Å². The van der Waals surface area contributed by atoms with Gasteiger partial charge in [0.25, 0.3) is 11.8 Å². The minimum Gasteiger partial charge on any atom is -0.391 e. The van der Waals surface area contributed by atoms with Crippen molar-refractivity contribution in [2.45, 2.75) is 32.4 Å². The summed E-state index contributed by atoms with van der Waals surface area (Å²) in [5, 5.41) is 9.71. The van der Waals surface area contributed by atoms with Gasteiger partial charge in [-0.3, -0.25) is 14.5 Å². The van der Waals surface area contributed by atoms with Crippen molar-refractivity contribution in [3.8, 4) is 0 Å². The lowest BCUT2D eigenvalue weighted by molar-refractivity contribution is 0.0104. The first-order chi connectivity index (χ1) is 7.87. The molecule has 0 aromatic heterocycles. The predicted octanol–water partition coefficient (Wildman–Crippen LogP) is 1.44. The van der Waals surface area contributed by atoms with Crippen LogP contribution in [-0.4, -0.2) is 33.5 Å². The molecule has 4 heteroatoms. The Kier molecular flexibility index (Phi) is 2.54. The molecule has 0 bridgehead atoms. The predicted molar refractivity (Wildman–Crippen MR) is 62.7 cm³/mol. The first kappa shape index (κ1) is 11.8. The lowest BCUT2D eigenvalue weighted by Crippen LogP contribution is -2.54. The maximum Gasteiger partial charge on any atom is 0.262 e. The first-order valence-corrected chi connectivity index (χ1v) is 5.53. The molecule has 0 saturated carbocycles. The number of amides is 2. The molecule has 90 valence electrons. The Hall–Kier alpha value is -1.68. The number of aliphatic hydroxyl groups excluding tert-OH is 1. The molecule has 0 saturated heterocycles. The minimum absolute atomic E-state index is 0.337. The van der Waals surface area contributed by atoms with E-state index in [1.807, 2.05) is 0 Å². The van der Waals surface area contributed by atoms with Gasteiger partial charge in [0.15, 0.2) is 0 Å². The van der Waals surface area contributed by atoms with E-state index in [0.717, 1.165) is 4.90 Å². The Morgan fingerprint density at radius 1 is 1.12 bits per heavy atom. The third kappa shape index (κ3) is 1.56. The van der Waals surface area contributed by atoms with E-state index < -0.39 is 11.6 Å². The van der Waals surface area contributed by atoms with Gasteiger partial charge in [0.2, 0.25) is 0 Å². The topological polar surface area (TPSA) is 57.6 Å². The van der Waals surface area contributed by atoms with E-state index in [2.05, 4.69) is 0 Å². The van der Waals surface area contributed by atoms with Gasteiger partial charge in [-0.25, -0.2) is 0 Å². The van der Waals surface area contributed by atoms with Crippen LogP contribution in [0.2, 0.25) is 0 Å². The Bertz CT molecular complexity index is 456. The van der Waals surface area contributed by atoms with Crippen molar-refractivity contribution in [3.63, 3.8) is 0 Å². The van der Waals surface area contributed by atoms with Crippen LogP contribution in [0.25, 0.3) is 0 Å². The molecule has 4 nitrogen and oxygen atoms in total. The van der Waals surface area contributed by atoms with Crippen LogP contribution in [-0.2, 0) is 0 Å². The average molecular weight is 233 g/mol. The van der Waals surface area contributed by atoms with Crippen molar-refractivity contribution in [2.75, 3.05) is 0 Å². The summed E-state index contributed by atoms with van der Waals surface area (Å²) in [4.78, 5) is 25.4. The summed E-state index contributed by atoms with van der Waals surface area (Å²) in [6.07, 6.45) is -0.787. The highest BCUT2D eigenvalue weighted by molar-refractivity contribution is 6.21. The second-order valence-electron chi connectivity index (χ2n) is 4.82. The molecule has 2 amide bonds. The molecule has 1 aromatic carbocycles. The number of carbonyl (C=O) groups excluding carboxylic acids is 2. The normalized spacial score (nSPS) is 17.3. The van der Waals surface area contributed by atoms with Crippen molar-refractivity contribution >= 4 is 11.8 Å². The minimum atomic E-state index is -0.910. The van der Waals surface area contributed by atoms with E-state index in [0.29, 0.717) is 11.1 Å². The summed E-state index contributed by atoms with van der Waals surface area (Å²) in [5.74, 6) is -0.673. The van der Waals surface area contributed by atoms with Crippen molar-refractivity contribution in [2.24, 2.45) is 0 Å². The lowest BCUT2D eigenvalue weighted by Gasteiger charge is -2.36. The average Bonchev–Trinajstić information content (AvgIpc) is 2.52. The Balaban J connectivity index is 2.50. The van der Waals surface area contributed by atoms with Gasteiger partial charge >= 0.3 is 0 Å². The second-order valence-corrected chi connectivity index (χ2v) is 4.82. The molecule has 1 aromatic rings. The number of hydrogen-bond donors (Lipinski definition) is 1. The van der Waals surface area contributed by atoms with Gasteiger partial charge in [0.1, 0.15) is 0 Å². The van der Waals surface area contributed by atoms with Gasteiger partial charge in [0.05, 0.1) is 22.8 Å². The largest absolute Gasteiger partial charge is 0.391 e. The van der Waals surface area contributed by atoms with Crippen LogP contribution in [0.3, 0.4) is 0 Å². The van der Waals surface area contributed by atoms with E-state index in [4.69, 9.17) is 0 Å². The molecule has 1 heterocycles. The smallest absolute Gasteiger partial charge is 0.262 e. The number of rotatable bonds is 2. The van der Waals surface area contributed by atoms with Crippen molar-refractivity contribution in [1.29, 1.82) is 0 Å². The number of nitrogens with zero attached hydrogens (tertiary/aromatic N) is 1. The fraction of sp³-hybridized carbons (Fsp3) is 0.385. The van der Waals surface area contributed by atoms with Crippen LogP contribution < -0.4 is 0 Å². The van der Waals surface area contributed by atoms with E-state index in [9.17, 15) is 14.7 Å². The summed E-state index contributed by atoms with van der Waals surface area (Å²) < 4.78 is 0. The molecule has 2 rings (SSSR count). The van der Waals surface area contributed by atoms with Gasteiger partial charge in [-0.05, 0) is 32.9 Å². The number of carbonyl (C=O) groups is 2. The fourth-order valence-electron chi connectivity index (χ4n) is 1.90. The van der Waals surface area contributed by atoms with Crippen LogP contribution in [0.15, 0.2) is 24.3 Å². The van der Waals surface area contributed by atoms with Gasteiger partial charge in [0, 0.05) is 0 Å². The fourth-order valence-corrected chi connectivity index (χ4v) is 1.90. The van der Waals surface area contributed by atoms with Gasteiger partial charge in [-0.1, -0.05) is 12.1 Å². The van der Waals surface area contributed by atoms with Crippen molar-refractivity contribution in [3.05, 3.63) is 35.4 Å². The Morgan fingerprint density at radius 3 is 1.88 bits per heavy atom. The SMILES string of the molecule is CC(O)C(C)(C)N1C(=O)c2ccccc2C1=O. The zero-order valence-electron chi connectivity index (χ0n) is 10.1. The molecular formula is C13H15NO3. The maximum absolute atomic E-state index is 12.2. The molecule has 1 aliphatic rings. The van der Waals surface area contributed by atoms with Crippen LogP contribution in [0.5, 0.6) is 0 Å². The van der Waals surface area contributed by atoms with Crippen molar-refractivity contribution < 1.29 is 14.7 Å². The molecule has 1 atom stereocenters. The van der Waals surface area contributed by atoms with Crippen LogP contribution in [0, 0.1) is 0 Å². The molecular weight excluding hydrogens is 218 g/mol. The molecule has 1 aliphatic heterocycles. The summed E-state index contributed by atoms with van der Waals surface area (Å²) >= 11 is 0. The zero-order chi connectivity index (χ0) is 12.8. The number of aliphatic hydroxyl groups is 1. The standard InChI is InChI=1S/C13H15NO3/c1-8(15)13(2,3)14-11(16)9-6-4-5-7-10(9)12(14)17/h4-8,15H,1-3H3. The molecule has 0 aliphatic carbocycles. The molecule has 17 heavy (non-hydrogen) atoms. The quantitative estimate of drug-likeness (QED) is 0.786. The van der Waals surface area contributed by atoms with E-state index >= 15 is 0 Å². The number of fused-ring (bicyclic) bond motifs is 1. The van der Waals surface area contributed by atoms with Gasteiger partial charge in [-0.15, -0.1) is 0 Å². The third-order valence-electron chi connectivity index (χ3n) is 3.39. The van der Waals surface area contributed by atoms with Crippen LogP contribution >= 0.6 is 0 Å². The Morgan fingerprint density at radius 2 is 1.53 bits per heavy atom. The number of hydrogen-bond acceptors (Lipinski definition) is 3. The third-order valence-corrected chi connectivity index (χ3v) is 3.39. The number of benzene rings is 1. The monoisotopic (exact) mass is 233 g/mol. The highest BCUT2D eigenvalue weighted by Gasteiger charge is 2.45. The highest BCUT2D eigenvalue weighted by Crippen LogP contribution is 2.30. The highest BCUT2D eigenvalue weighted by atomic mass is 16.3. The molecule has 1 N–H and O–H groups in total. The second kappa shape index (κ2) is 3.67. The first-order valence-electron chi connectivity index (χ1n) is 5.53. The van der Waals surface area contributed by atoms with Crippen LogP contribution in [0.4, 0.5) is 0 Å². The van der Waals surface area contributed by atoms with E-state index in [-0.39, 0.29) is 11.8 Å². The van der Waals surface area contributed by atoms with E-state index in [1.165, 1.54) is 0 Å². The maximum atomic E-state index is 12.2. The molecule has 0 fully saturated rings. The summed E-state index contributed by atoms with van der Waals surface area (Å²) in [5.41, 5.74) is -0.0925. The summed E-state index contributed by atoms with van der Waals surface area (Å²) in [7, 11) is 0. The molecule has 1 unspecified atom stereocenters.